The van der Waals surface area contributed by atoms with Crippen molar-refractivity contribution in [2.45, 2.75) is 159 Å². The summed E-state index contributed by atoms with van der Waals surface area (Å²) in [5.74, 6) is 11.5. The lowest BCUT2D eigenvalue weighted by Crippen LogP contribution is -2.48. The second-order valence-electron chi connectivity index (χ2n) is 23.9. The van der Waals surface area contributed by atoms with E-state index >= 15 is 4.79 Å². The van der Waals surface area contributed by atoms with Crippen molar-refractivity contribution in [2.75, 3.05) is 0 Å². The number of aryl methyl sites for hydroxylation is 4. The summed E-state index contributed by atoms with van der Waals surface area (Å²) in [6.07, 6.45) is 7.00. The fraction of sp³-hybridized carbons (Fsp3) is 0.375. The number of pyridine rings is 2. The molecule has 85 heavy (non-hydrogen) atoms. The minimum absolute atomic E-state index is 0.0494. The van der Waals surface area contributed by atoms with Gasteiger partial charge < -0.3 is 14.5 Å². The molecule has 0 radical (unpaired) electrons. The van der Waals surface area contributed by atoms with Gasteiger partial charge in [0.15, 0.2) is 0 Å². The minimum atomic E-state index is -0.546. The van der Waals surface area contributed by atoms with Gasteiger partial charge >= 0.3 is 0 Å². The van der Waals surface area contributed by atoms with Gasteiger partial charge in [0, 0.05) is 137 Å². The van der Waals surface area contributed by atoms with Gasteiger partial charge in [0.1, 0.15) is 0 Å². The molecular formula is C72H72N6O7. The molecule has 0 bridgehead atoms. The summed E-state index contributed by atoms with van der Waals surface area (Å²) in [4.78, 5) is 104. The summed E-state index contributed by atoms with van der Waals surface area (Å²) < 4.78 is 6.90. The first-order chi connectivity index (χ1) is 40.8. The molecule has 12 rings (SSSR count). The van der Waals surface area contributed by atoms with Gasteiger partial charge in [-0.15, -0.1) is 0 Å². The summed E-state index contributed by atoms with van der Waals surface area (Å²) in [7, 11) is 3.89. The largest absolute Gasteiger partial charge is 0.349 e. The number of carbonyl (C=O) groups is 3. The molecule has 13 nitrogen and oxygen atoms in total. The van der Waals surface area contributed by atoms with Crippen LogP contribution in [0.5, 0.6) is 0 Å². The molecule has 7 aromatic carbocycles. The first-order valence-electron chi connectivity index (χ1n) is 30.6. The highest BCUT2D eigenvalue weighted by Crippen LogP contribution is 2.50. The van der Waals surface area contributed by atoms with Crippen molar-refractivity contribution in [3.8, 4) is 23.7 Å². The normalized spacial score (nSPS) is 14.1. The Morgan fingerprint density at radius 3 is 1.56 bits per heavy atom. The fourth-order valence-electron chi connectivity index (χ4n) is 14.9. The SMILES string of the molecule is CCC(CC)NC(=O)c1cc2c(c(C)c1C)c1c(C)c3c(cc1n2C)C(=O)N(C(CC)CC)C(=O)/C3=C/C(C)C#CC#Cc1cc2c(=O)n(C(CC)CC)c(=O)c3cc4c5c(c1c1ccc6c(=O)n(C(CC)CC)c(=O)c7cc(c5c1c67)n4C)c23. The van der Waals surface area contributed by atoms with Crippen LogP contribution in [-0.2, 0) is 18.9 Å². The van der Waals surface area contributed by atoms with E-state index < -0.39 is 11.5 Å². The molecule has 1 aliphatic heterocycles. The first-order valence-corrected chi connectivity index (χ1v) is 30.6. The molecule has 1 unspecified atom stereocenters. The van der Waals surface area contributed by atoms with Crippen molar-refractivity contribution in [1.29, 1.82) is 0 Å². The predicted octanol–water partition coefficient (Wildman–Crippen LogP) is 13.3. The van der Waals surface area contributed by atoms with Crippen LogP contribution in [0.25, 0.3) is 103 Å². The molecule has 3 amide bonds. The summed E-state index contributed by atoms with van der Waals surface area (Å²) in [6, 6.07) is 12.2. The maximum absolute atomic E-state index is 15.1. The molecule has 13 heteroatoms. The minimum Gasteiger partial charge on any atom is -0.349 e. The van der Waals surface area contributed by atoms with Crippen molar-refractivity contribution in [3.63, 3.8) is 0 Å². The van der Waals surface area contributed by atoms with Crippen LogP contribution in [0.15, 0.2) is 67.7 Å². The number of hydrogen-bond donors (Lipinski definition) is 1. The van der Waals surface area contributed by atoms with E-state index in [1.807, 2.05) is 129 Å². The van der Waals surface area contributed by atoms with E-state index in [0.717, 1.165) is 89.3 Å². The smallest absolute Gasteiger partial charge is 0.261 e. The lowest BCUT2D eigenvalue weighted by Gasteiger charge is -2.35. The number of imide groups is 1. The number of rotatable bonds is 14. The van der Waals surface area contributed by atoms with Crippen molar-refractivity contribution in [1.82, 2.24) is 28.5 Å². The standard InChI is InChI=1S/C72H72N6O7/c1-15-40(16-2)73-66(79)46-31-52-57(37(11)36(46)10)58-38(12)56-47(68(81)77(42(19-5)20-6)70(83)49(56)32-53(58)74(52)13)29-35(9)25-23-24-26-39-30-48-61-51(72(85)78(69(48)82)43(21-7)22-8)34-55-64-63-54(75(55)14)33-50-60-45(28-27-44(62(60)63)59(39)65(61)64)67(80)76(71(50)84)41(17-3)18-4/h27-35,40-43H,15-22H2,1-14H3,(H,73,79)/b47-29+. The number of fused-ring (bicyclic) bond motifs is 5. The lowest BCUT2D eigenvalue weighted by atomic mass is 9.84. The quantitative estimate of drug-likeness (QED) is 0.0374. The molecule has 0 saturated heterocycles. The zero-order valence-corrected chi connectivity index (χ0v) is 51.3. The molecule has 0 fully saturated rings. The molecule has 11 aromatic rings. The number of carbonyl (C=O) groups excluding carboxylic acids is 3. The van der Waals surface area contributed by atoms with Crippen LogP contribution in [0, 0.1) is 50.4 Å². The number of nitrogens with zero attached hydrogens (tertiary/aromatic N) is 5. The summed E-state index contributed by atoms with van der Waals surface area (Å²) in [6.45, 7) is 23.9. The fourth-order valence-corrected chi connectivity index (χ4v) is 14.9. The van der Waals surface area contributed by atoms with Gasteiger partial charge in [-0.2, -0.15) is 0 Å². The van der Waals surface area contributed by atoms with E-state index in [1.165, 1.54) is 14.0 Å². The Labute approximate surface area is 492 Å². The molecule has 0 saturated carbocycles. The van der Waals surface area contributed by atoms with Crippen LogP contribution < -0.4 is 27.6 Å². The van der Waals surface area contributed by atoms with Crippen molar-refractivity contribution in [2.24, 2.45) is 20.0 Å². The lowest BCUT2D eigenvalue weighted by molar-refractivity contribution is -0.124. The van der Waals surface area contributed by atoms with E-state index in [4.69, 9.17) is 0 Å². The van der Waals surface area contributed by atoms with E-state index in [1.54, 1.807) is 12.1 Å². The number of nitrogens with one attached hydrogen (secondary N) is 1. The third-order valence-electron chi connectivity index (χ3n) is 19.7. The van der Waals surface area contributed by atoms with Crippen LogP contribution in [0.2, 0.25) is 0 Å². The molecule has 432 valence electrons. The highest BCUT2D eigenvalue weighted by atomic mass is 16.2. The van der Waals surface area contributed by atoms with Crippen LogP contribution in [0.4, 0.5) is 0 Å². The van der Waals surface area contributed by atoms with Gasteiger partial charge in [0.25, 0.3) is 40.0 Å². The molecule has 4 aromatic heterocycles. The molecule has 5 heterocycles. The molecular weight excluding hydrogens is 1060 g/mol. The van der Waals surface area contributed by atoms with Gasteiger partial charge in [-0.05, 0) is 149 Å². The van der Waals surface area contributed by atoms with Crippen LogP contribution >= 0.6 is 0 Å². The Balaban J connectivity index is 1.08. The molecule has 0 spiro atoms. The zero-order chi connectivity index (χ0) is 60.7. The van der Waals surface area contributed by atoms with Crippen LogP contribution in [0.1, 0.15) is 174 Å². The van der Waals surface area contributed by atoms with E-state index in [-0.39, 0.29) is 58.6 Å². The van der Waals surface area contributed by atoms with E-state index in [2.05, 4.69) is 42.8 Å². The topological polar surface area (TPSA) is 154 Å². The number of amides is 3. The van der Waals surface area contributed by atoms with Crippen molar-refractivity contribution in [3.05, 3.63) is 129 Å². The number of benzene rings is 7. The predicted molar refractivity (Wildman–Crippen MR) is 347 cm³/mol. The monoisotopic (exact) mass is 1130 g/mol. The van der Waals surface area contributed by atoms with Crippen molar-refractivity contribution >= 4 is 121 Å². The van der Waals surface area contributed by atoms with Gasteiger partial charge in [0.2, 0.25) is 0 Å². The Morgan fingerprint density at radius 2 is 1.00 bits per heavy atom. The Kier molecular flexibility index (Phi) is 13.8. The van der Waals surface area contributed by atoms with Gasteiger partial charge in [-0.1, -0.05) is 79.4 Å². The maximum Gasteiger partial charge on any atom is 0.261 e. The summed E-state index contributed by atoms with van der Waals surface area (Å²) >= 11 is 0. The summed E-state index contributed by atoms with van der Waals surface area (Å²) in [5.41, 5.74) is 6.84. The van der Waals surface area contributed by atoms with E-state index in [9.17, 15) is 28.8 Å². The second-order valence-corrected chi connectivity index (χ2v) is 23.9. The molecule has 1 N–H and O–H groups in total. The third-order valence-corrected chi connectivity index (χ3v) is 19.7. The highest BCUT2D eigenvalue weighted by Gasteiger charge is 2.41. The third kappa shape index (κ3) is 7.80. The number of allylic oxidation sites excluding steroid dienone is 1. The Morgan fingerprint density at radius 1 is 0.506 bits per heavy atom. The maximum atomic E-state index is 15.1. The molecule has 1 atom stereocenters. The first kappa shape index (κ1) is 56.7. The highest BCUT2D eigenvalue weighted by molar-refractivity contribution is 6.46. The average molecular weight is 1130 g/mol. The molecule has 0 aliphatic carbocycles. The Bertz CT molecular complexity index is 5120. The molecule has 1 aliphatic rings. The number of aromatic nitrogens is 4. The van der Waals surface area contributed by atoms with Gasteiger partial charge in [-0.25, -0.2) is 0 Å². The summed E-state index contributed by atoms with van der Waals surface area (Å²) in [5, 5.41) is 12.4. The number of hydrogen-bond acceptors (Lipinski definition) is 7. The van der Waals surface area contributed by atoms with Crippen LogP contribution in [-0.4, -0.2) is 53.0 Å². The van der Waals surface area contributed by atoms with Crippen molar-refractivity contribution < 1.29 is 14.4 Å². The van der Waals surface area contributed by atoms with Gasteiger partial charge in [-0.3, -0.25) is 47.6 Å². The Hall–Kier alpha value is -8.81. The average Bonchev–Trinajstić information content (AvgIpc) is 1.87. The second kappa shape index (κ2) is 20.8. The van der Waals surface area contributed by atoms with E-state index in [0.29, 0.717) is 104 Å². The zero-order valence-electron chi connectivity index (χ0n) is 51.3. The van der Waals surface area contributed by atoms with Crippen LogP contribution in [0.3, 0.4) is 0 Å². The van der Waals surface area contributed by atoms with Gasteiger partial charge in [0.05, 0.1) is 27.4 Å².